The molecule has 2 N–H and O–H groups in total. The molecule has 2 rings (SSSR count). The van der Waals surface area contributed by atoms with Crippen LogP contribution < -0.4 is 5.43 Å². The predicted molar refractivity (Wildman–Crippen MR) is 61.9 cm³/mol. The molecule has 0 aliphatic rings. The second kappa shape index (κ2) is 4.46. The first kappa shape index (κ1) is 10.2. The third-order valence-corrected chi connectivity index (χ3v) is 2.46. The summed E-state index contributed by atoms with van der Waals surface area (Å²) < 4.78 is 2.20. The van der Waals surface area contributed by atoms with Gasteiger partial charge in [0.25, 0.3) is 0 Å². The first-order valence-electron chi connectivity index (χ1n) is 4.36. The van der Waals surface area contributed by atoms with E-state index in [2.05, 4.69) is 15.6 Å². The van der Waals surface area contributed by atoms with E-state index in [4.69, 9.17) is 23.8 Å². The summed E-state index contributed by atoms with van der Waals surface area (Å²) >= 11 is 10.8. The van der Waals surface area contributed by atoms with Crippen LogP contribution in [-0.4, -0.2) is 14.9 Å². The van der Waals surface area contributed by atoms with Crippen LogP contribution >= 0.6 is 23.8 Å². The lowest BCUT2D eigenvalue weighted by Gasteiger charge is -2.05. The Balaban J connectivity index is 2.02. The van der Waals surface area contributed by atoms with Gasteiger partial charge in [0.2, 0.25) is 4.77 Å². The molecule has 2 aromatic rings. The van der Waals surface area contributed by atoms with Crippen molar-refractivity contribution >= 4 is 23.8 Å². The van der Waals surface area contributed by atoms with Gasteiger partial charge < -0.3 is 5.43 Å². The Hall–Kier alpha value is -1.33. The molecule has 0 saturated heterocycles. The summed E-state index contributed by atoms with van der Waals surface area (Å²) in [6, 6.07) is 7.62. The Labute approximate surface area is 96.9 Å². The minimum Gasteiger partial charge on any atom is -0.318 e. The molecule has 0 aliphatic carbocycles. The van der Waals surface area contributed by atoms with Gasteiger partial charge in [-0.15, -0.1) is 0 Å². The van der Waals surface area contributed by atoms with Gasteiger partial charge in [-0.05, 0) is 29.9 Å². The molecule has 15 heavy (non-hydrogen) atoms. The largest absolute Gasteiger partial charge is 0.318 e. The van der Waals surface area contributed by atoms with Gasteiger partial charge in [-0.2, -0.15) is 5.10 Å². The van der Waals surface area contributed by atoms with Gasteiger partial charge in [-0.3, -0.25) is 5.10 Å². The number of H-pyrrole nitrogens is 1. The third-order valence-electron chi connectivity index (χ3n) is 1.92. The zero-order valence-electron chi connectivity index (χ0n) is 7.77. The van der Waals surface area contributed by atoms with Crippen molar-refractivity contribution in [1.29, 1.82) is 0 Å². The van der Waals surface area contributed by atoms with Gasteiger partial charge >= 0.3 is 0 Å². The Morgan fingerprint density at radius 2 is 2.13 bits per heavy atom. The summed E-state index contributed by atoms with van der Waals surface area (Å²) in [6.07, 6.45) is 1.60. The van der Waals surface area contributed by atoms with E-state index in [1.54, 1.807) is 11.0 Å². The van der Waals surface area contributed by atoms with Gasteiger partial charge in [-0.1, -0.05) is 23.7 Å². The highest BCUT2D eigenvalue weighted by atomic mass is 35.5. The monoisotopic (exact) mass is 240 g/mol. The maximum absolute atomic E-state index is 5.78. The number of aromatic nitrogens is 3. The normalized spacial score (nSPS) is 10.2. The lowest BCUT2D eigenvalue weighted by molar-refractivity contribution is 0.825. The van der Waals surface area contributed by atoms with Crippen LogP contribution in [0.5, 0.6) is 0 Å². The zero-order chi connectivity index (χ0) is 10.7. The summed E-state index contributed by atoms with van der Waals surface area (Å²) in [5.41, 5.74) is 4.23. The van der Waals surface area contributed by atoms with Crippen molar-refractivity contribution in [1.82, 2.24) is 14.9 Å². The standard InChI is InChI=1S/C9H9ClN4S/c10-8-3-1-7(2-4-8)5-12-14-6-11-13-9(14)15/h1-4,6,12H,5H2,(H,13,15). The summed E-state index contributed by atoms with van der Waals surface area (Å²) in [5, 5.41) is 7.19. The topological polar surface area (TPSA) is 45.6 Å². The highest BCUT2D eigenvalue weighted by Crippen LogP contribution is 2.09. The van der Waals surface area contributed by atoms with Crippen LogP contribution in [0.3, 0.4) is 0 Å². The quantitative estimate of drug-likeness (QED) is 0.810. The maximum Gasteiger partial charge on any atom is 0.214 e. The summed E-state index contributed by atoms with van der Waals surface area (Å²) in [5.74, 6) is 0. The second-order valence-electron chi connectivity index (χ2n) is 2.99. The second-order valence-corrected chi connectivity index (χ2v) is 3.82. The minimum absolute atomic E-state index is 0.545. The molecular formula is C9H9ClN4S. The third kappa shape index (κ3) is 2.57. The van der Waals surface area contributed by atoms with E-state index in [-0.39, 0.29) is 0 Å². The van der Waals surface area contributed by atoms with E-state index in [0.29, 0.717) is 11.3 Å². The number of rotatable bonds is 3. The summed E-state index contributed by atoms with van der Waals surface area (Å²) in [4.78, 5) is 0. The fourth-order valence-corrected chi connectivity index (χ4v) is 1.43. The molecular weight excluding hydrogens is 232 g/mol. The molecule has 1 aromatic heterocycles. The Kier molecular flexibility index (Phi) is 3.03. The fraction of sp³-hybridized carbons (Fsp3) is 0.111. The molecule has 4 nitrogen and oxygen atoms in total. The average molecular weight is 241 g/mol. The number of hydrogen-bond acceptors (Lipinski definition) is 3. The molecule has 0 aliphatic heterocycles. The molecule has 0 fully saturated rings. The van der Waals surface area contributed by atoms with Crippen molar-refractivity contribution in [2.24, 2.45) is 0 Å². The van der Waals surface area contributed by atoms with Crippen molar-refractivity contribution in [2.45, 2.75) is 6.54 Å². The van der Waals surface area contributed by atoms with Crippen molar-refractivity contribution in [3.05, 3.63) is 45.9 Å². The van der Waals surface area contributed by atoms with Crippen LogP contribution in [0.2, 0.25) is 5.02 Å². The maximum atomic E-state index is 5.78. The van der Waals surface area contributed by atoms with E-state index in [0.717, 1.165) is 10.6 Å². The van der Waals surface area contributed by atoms with Crippen LogP contribution in [0.15, 0.2) is 30.6 Å². The van der Waals surface area contributed by atoms with Crippen LogP contribution in [-0.2, 0) is 6.54 Å². The Morgan fingerprint density at radius 1 is 1.40 bits per heavy atom. The Morgan fingerprint density at radius 3 is 2.73 bits per heavy atom. The van der Waals surface area contributed by atoms with Crippen molar-refractivity contribution in [3.8, 4) is 0 Å². The van der Waals surface area contributed by atoms with E-state index >= 15 is 0 Å². The van der Waals surface area contributed by atoms with Crippen molar-refractivity contribution in [2.75, 3.05) is 5.43 Å². The molecule has 0 saturated carbocycles. The first-order chi connectivity index (χ1) is 7.25. The number of aromatic amines is 1. The van der Waals surface area contributed by atoms with Crippen LogP contribution in [0.1, 0.15) is 5.56 Å². The number of hydrogen-bond donors (Lipinski definition) is 2. The zero-order valence-corrected chi connectivity index (χ0v) is 9.35. The van der Waals surface area contributed by atoms with E-state index < -0.39 is 0 Å². The smallest absolute Gasteiger partial charge is 0.214 e. The van der Waals surface area contributed by atoms with Gasteiger partial charge in [0.05, 0.1) is 6.54 Å². The lowest BCUT2D eigenvalue weighted by Crippen LogP contribution is -2.13. The van der Waals surface area contributed by atoms with Crippen LogP contribution in [0, 0.1) is 4.77 Å². The molecule has 6 heteroatoms. The predicted octanol–water partition coefficient (Wildman–Crippen LogP) is 2.34. The van der Waals surface area contributed by atoms with E-state index in [1.165, 1.54) is 0 Å². The van der Waals surface area contributed by atoms with Crippen molar-refractivity contribution < 1.29 is 0 Å². The van der Waals surface area contributed by atoms with Gasteiger partial charge in [0, 0.05) is 5.02 Å². The Bertz CT molecular complexity index is 487. The fourth-order valence-electron chi connectivity index (χ4n) is 1.14. The first-order valence-corrected chi connectivity index (χ1v) is 5.15. The summed E-state index contributed by atoms with van der Waals surface area (Å²) in [7, 11) is 0. The van der Waals surface area contributed by atoms with E-state index in [1.807, 2.05) is 24.3 Å². The van der Waals surface area contributed by atoms with Gasteiger partial charge in [0.15, 0.2) is 0 Å². The molecule has 78 valence electrons. The molecule has 0 bridgehead atoms. The number of benzene rings is 1. The lowest BCUT2D eigenvalue weighted by atomic mass is 10.2. The highest BCUT2D eigenvalue weighted by Gasteiger charge is 1.94. The summed E-state index contributed by atoms with van der Waals surface area (Å²) in [6.45, 7) is 0.672. The van der Waals surface area contributed by atoms with Gasteiger partial charge in [-0.25, -0.2) is 4.68 Å². The van der Waals surface area contributed by atoms with Crippen LogP contribution in [0.25, 0.3) is 0 Å². The minimum atomic E-state index is 0.545. The SMILES string of the molecule is S=c1[nH]ncn1NCc1ccc(Cl)cc1. The van der Waals surface area contributed by atoms with Crippen LogP contribution in [0.4, 0.5) is 0 Å². The number of nitrogens with one attached hydrogen (secondary N) is 2. The molecule has 0 spiro atoms. The highest BCUT2D eigenvalue weighted by molar-refractivity contribution is 7.71. The average Bonchev–Trinajstić information content (AvgIpc) is 2.63. The molecule has 0 amide bonds. The molecule has 1 aromatic carbocycles. The van der Waals surface area contributed by atoms with E-state index in [9.17, 15) is 0 Å². The molecule has 0 radical (unpaired) electrons. The number of halogens is 1. The molecule has 1 heterocycles. The molecule has 0 atom stereocenters. The number of nitrogens with zero attached hydrogens (tertiary/aromatic N) is 2. The van der Waals surface area contributed by atoms with Crippen molar-refractivity contribution in [3.63, 3.8) is 0 Å². The van der Waals surface area contributed by atoms with Gasteiger partial charge in [0.1, 0.15) is 6.33 Å². The molecule has 0 unspecified atom stereocenters.